The molecular formula is C21H17N3O3. The first kappa shape index (κ1) is 16.8. The van der Waals surface area contributed by atoms with Crippen molar-refractivity contribution < 1.29 is 14.3 Å². The van der Waals surface area contributed by atoms with E-state index >= 15 is 0 Å². The Morgan fingerprint density at radius 3 is 2.85 bits per heavy atom. The Morgan fingerprint density at radius 1 is 1.22 bits per heavy atom. The third-order valence-electron chi connectivity index (χ3n) is 4.40. The van der Waals surface area contributed by atoms with Crippen molar-refractivity contribution in [3.63, 3.8) is 0 Å². The molecule has 0 saturated heterocycles. The van der Waals surface area contributed by atoms with Gasteiger partial charge in [0.25, 0.3) is 0 Å². The predicted octanol–water partition coefficient (Wildman–Crippen LogP) is 4.81. The minimum absolute atomic E-state index is 0.0724. The highest BCUT2D eigenvalue weighted by molar-refractivity contribution is 6.21. The van der Waals surface area contributed by atoms with Gasteiger partial charge in [-0.25, -0.2) is 9.98 Å². The fourth-order valence-electron chi connectivity index (χ4n) is 3.01. The molecular weight excluding hydrogens is 342 g/mol. The summed E-state index contributed by atoms with van der Waals surface area (Å²) in [5.74, 6) is 0.778. The van der Waals surface area contributed by atoms with Crippen LogP contribution in [-0.4, -0.2) is 22.6 Å². The molecule has 4 rings (SSSR count). The molecule has 0 amide bonds. The van der Waals surface area contributed by atoms with E-state index in [-0.39, 0.29) is 23.0 Å². The van der Waals surface area contributed by atoms with Gasteiger partial charge >= 0.3 is 0 Å². The number of benzene rings is 1. The van der Waals surface area contributed by atoms with E-state index in [9.17, 15) is 9.90 Å². The smallest absolute Gasteiger partial charge is 0.212 e. The van der Waals surface area contributed by atoms with Crippen molar-refractivity contribution in [1.29, 1.82) is 0 Å². The summed E-state index contributed by atoms with van der Waals surface area (Å²) in [5, 5.41) is 13.5. The van der Waals surface area contributed by atoms with Gasteiger partial charge in [0, 0.05) is 29.2 Å². The van der Waals surface area contributed by atoms with E-state index in [1.165, 1.54) is 0 Å². The number of anilines is 2. The van der Waals surface area contributed by atoms with Gasteiger partial charge in [-0.3, -0.25) is 4.79 Å². The monoisotopic (exact) mass is 359 g/mol. The summed E-state index contributed by atoms with van der Waals surface area (Å²) in [5.41, 5.74) is 4.60. The second-order valence-electron chi connectivity index (χ2n) is 6.35. The zero-order chi connectivity index (χ0) is 19.0. The molecule has 134 valence electrons. The van der Waals surface area contributed by atoms with Crippen LogP contribution in [0.5, 0.6) is 5.75 Å². The first-order chi connectivity index (χ1) is 13.1. The van der Waals surface area contributed by atoms with Gasteiger partial charge in [0.2, 0.25) is 5.88 Å². The van der Waals surface area contributed by atoms with E-state index in [4.69, 9.17) is 4.42 Å². The molecule has 0 atom stereocenters. The summed E-state index contributed by atoms with van der Waals surface area (Å²) < 4.78 is 5.75. The number of rotatable bonds is 4. The molecule has 2 aromatic heterocycles. The molecule has 1 aromatic carbocycles. The number of allylic oxidation sites excluding steroid dienone is 1. The molecule has 27 heavy (non-hydrogen) atoms. The molecule has 6 nitrogen and oxygen atoms in total. The van der Waals surface area contributed by atoms with E-state index in [1.807, 2.05) is 44.2 Å². The van der Waals surface area contributed by atoms with E-state index in [0.717, 1.165) is 28.0 Å². The van der Waals surface area contributed by atoms with Crippen LogP contribution >= 0.6 is 0 Å². The fourth-order valence-corrected chi connectivity index (χ4v) is 3.01. The normalized spacial score (nSPS) is 13.8. The molecule has 2 N–H and O–H groups in total. The maximum atomic E-state index is 11.5. The maximum absolute atomic E-state index is 11.5. The van der Waals surface area contributed by atoms with Crippen LogP contribution in [0.25, 0.3) is 11.6 Å². The number of aromatic nitrogens is 1. The number of carbonyl (C=O) groups is 1. The van der Waals surface area contributed by atoms with Crippen molar-refractivity contribution in [2.45, 2.75) is 13.8 Å². The van der Waals surface area contributed by atoms with Gasteiger partial charge in [-0.05, 0) is 43.7 Å². The fraction of sp³-hybridized carbons (Fsp3) is 0.0952. The van der Waals surface area contributed by atoms with Crippen molar-refractivity contribution in [3.8, 4) is 5.75 Å². The number of fused-ring (bicyclic) bond motifs is 1. The van der Waals surface area contributed by atoms with Crippen LogP contribution in [0.3, 0.4) is 0 Å². The number of carbonyl (C=O) groups excluding carboxylic acids is 1. The third-order valence-corrected chi connectivity index (χ3v) is 4.40. The summed E-state index contributed by atoms with van der Waals surface area (Å²) in [6.45, 7) is 3.97. The lowest BCUT2D eigenvalue weighted by molar-refractivity contribution is 0.112. The molecule has 0 saturated carbocycles. The average Bonchev–Trinajstić information content (AvgIpc) is 3.19. The minimum Gasteiger partial charge on any atom is -0.504 e. The Hall–Kier alpha value is -3.67. The lowest BCUT2D eigenvalue weighted by Gasteiger charge is -2.08. The molecule has 0 bridgehead atoms. The minimum atomic E-state index is -0.212. The number of pyridine rings is 1. The van der Waals surface area contributed by atoms with Crippen molar-refractivity contribution in [3.05, 3.63) is 64.5 Å². The van der Waals surface area contributed by atoms with Crippen LogP contribution in [0.2, 0.25) is 0 Å². The number of nitrogens with zero attached hydrogens (tertiary/aromatic N) is 2. The molecule has 3 heterocycles. The first-order valence-corrected chi connectivity index (χ1v) is 8.43. The van der Waals surface area contributed by atoms with Gasteiger partial charge in [0.1, 0.15) is 5.56 Å². The topological polar surface area (TPSA) is 87.7 Å². The van der Waals surface area contributed by atoms with E-state index in [2.05, 4.69) is 15.3 Å². The van der Waals surface area contributed by atoms with Gasteiger partial charge in [0.05, 0.1) is 0 Å². The number of aryl methyl sites for hydroxylation is 2. The zero-order valence-corrected chi connectivity index (χ0v) is 14.9. The number of aliphatic imine (C=N–C) groups is 1. The zero-order valence-electron chi connectivity index (χ0n) is 14.9. The van der Waals surface area contributed by atoms with E-state index < -0.39 is 0 Å². The Morgan fingerprint density at radius 2 is 2.07 bits per heavy atom. The quantitative estimate of drug-likeness (QED) is 0.653. The molecule has 0 unspecified atom stereocenters. The van der Waals surface area contributed by atoms with Crippen LogP contribution in [0, 0.1) is 13.8 Å². The van der Waals surface area contributed by atoms with Gasteiger partial charge in [-0.2, -0.15) is 0 Å². The average molecular weight is 359 g/mol. The summed E-state index contributed by atoms with van der Waals surface area (Å²) in [6, 6.07) is 9.58. The summed E-state index contributed by atoms with van der Waals surface area (Å²) in [7, 11) is 0. The van der Waals surface area contributed by atoms with Crippen LogP contribution in [-0.2, 0) is 0 Å². The number of hydrogen-bond acceptors (Lipinski definition) is 6. The molecule has 1 aliphatic heterocycles. The van der Waals surface area contributed by atoms with Crippen LogP contribution in [0.1, 0.15) is 32.8 Å². The Bertz CT molecular complexity index is 1110. The Balaban J connectivity index is 1.73. The number of hydrogen-bond donors (Lipinski definition) is 2. The van der Waals surface area contributed by atoms with Crippen molar-refractivity contribution in [2.75, 3.05) is 5.32 Å². The van der Waals surface area contributed by atoms with Crippen LogP contribution in [0.4, 0.5) is 17.4 Å². The standard InChI is InChI=1S/C21H17N3O3/c1-12-5-6-17(13(2)8-12)24-21-16(11-25)19(26)18(27-21)9-14-10-23-20-15(14)4-3-7-22-20/h3-11,24,26H,1-2H3. The van der Waals surface area contributed by atoms with Crippen molar-refractivity contribution in [1.82, 2.24) is 4.98 Å². The van der Waals surface area contributed by atoms with Gasteiger partial charge in [-0.1, -0.05) is 17.7 Å². The summed E-state index contributed by atoms with van der Waals surface area (Å²) in [6.07, 6.45) is 5.54. The molecule has 6 heteroatoms. The van der Waals surface area contributed by atoms with E-state index in [1.54, 1.807) is 18.5 Å². The van der Waals surface area contributed by atoms with Gasteiger partial charge in [-0.15, -0.1) is 0 Å². The number of furan rings is 1. The van der Waals surface area contributed by atoms with Crippen molar-refractivity contribution in [2.24, 2.45) is 4.99 Å². The second-order valence-corrected chi connectivity index (χ2v) is 6.35. The highest BCUT2D eigenvalue weighted by atomic mass is 16.4. The van der Waals surface area contributed by atoms with Gasteiger partial charge in [0.15, 0.2) is 23.6 Å². The third kappa shape index (κ3) is 3.01. The van der Waals surface area contributed by atoms with Crippen LogP contribution in [0.15, 0.2) is 45.9 Å². The number of aldehydes is 1. The SMILES string of the molecule is Cc1ccc(Nc2oc(C=C3C=Nc4ncccc43)c(O)c2C=O)c(C)c1. The van der Waals surface area contributed by atoms with Crippen LogP contribution < -0.4 is 5.32 Å². The lowest BCUT2D eigenvalue weighted by atomic mass is 10.1. The highest BCUT2D eigenvalue weighted by Gasteiger charge is 2.21. The van der Waals surface area contributed by atoms with Gasteiger partial charge < -0.3 is 14.8 Å². The first-order valence-electron chi connectivity index (χ1n) is 8.43. The maximum Gasteiger partial charge on any atom is 0.212 e. The summed E-state index contributed by atoms with van der Waals surface area (Å²) in [4.78, 5) is 19.9. The largest absolute Gasteiger partial charge is 0.504 e. The molecule has 0 radical (unpaired) electrons. The molecule has 0 aliphatic carbocycles. The van der Waals surface area contributed by atoms with Crippen molar-refractivity contribution >= 4 is 41.5 Å². The molecule has 0 fully saturated rings. The lowest BCUT2D eigenvalue weighted by Crippen LogP contribution is -1.95. The molecule has 1 aliphatic rings. The number of aromatic hydroxyl groups is 1. The molecule has 3 aromatic rings. The Labute approximate surface area is 155 Å². The van der Waals surface area contributed by atoms with E-state index in [0.29, 0.717) is 12.1 Å². The molecule has 0 spiro atoms. The second kappa shape index (κ2) is 6.57. The summed E-state index contributed by atoms with van der Waals surface area (Å²) >= 11 is 0. The predicted molar refractivity (Wildman–Crippen MR) is 105 cm³/mol. The highest BCUT2D eigenvalue weighted by Crippen LogP contribution is 2.38. The Kier molecular flexibility index (Phi) is 4.08. The number of nitrogens with one attached hydrogen (secondary N) is 1.